The SMILES string of the molecule is COc1ccc(CCn2c(=N)c(C#N)cc3c(=O)n4ccccc4nc32)cc1OC. The van der Waals surface area contributed by atoms with Gasteiger partial charge >= 0.3 is 0 Å². The third kappa shape index (κ3) is 3.16. The Balaban J connectivity index is 1.86. The molecule has 8 heteroatoms. The number of fused-ring (bicyclic) bond motifs is 2. The normalized spacial score (nSPS) is 10.8. The zero-order valence-electron chi connectivity index (χ0n) is 16.5. The molecular formula is C22H19N5O3. The molecule has 1 N–H and O–H groups in total. The van der Waals surface area contributed by atoms with Crippen LogP contribution < -0.4 is 20.5 Å². The van der Waals surface area contributed by atoms with Crippen LogP contribution in [0.4, 0.5) is 0 Å². The van der Waals surface area contributed by atoms with Gasteiger partial charge in [-0.3, -0.25) is 14.6 Å². The summed E-state index contributed by atoms with van der Waals surface area (Å²) in [4.78, 5) is 17.6. The lowest BCUT2D eigenvalue weighted by atomic mass is 10.1. The van der Waals surface area contributed by atoms with E-state index in [9.17, 15) is 10.1 Å². The maximum absolute atomic E-state index is 13.0. The van der Waals surface area contributed by atoms with E-state index in [4.69, 9.17) is 14.9 Å². The number of aromatic nitrogens is 3. The van der Waals surface area contributed by atoms with Crippen LogP contribution in [0.1, 0.15) is 11.1 Å². The molecule has 30 heavy (non-hydrogen) atoms. The molecule has 3 heterocycles. The Labute approximate surface area is 171 Å². The predicted molar refractivity (Wildman–Crippen MR) is 111 cm³/mol. The average molecular weight is 401 g/mol. The summed E-state index contributed by atoms with van der Waals surface area (Å²) in [6.45, 7) is 0.371. The number of aryl methyl sites for hydroxylation is 2. The van der Waals surface area contributed by atoms with Gasteiger partial charge in [0.1, 0.15) is 22.9 Å². The number of benzene rings is 1. The van der Waals surface area contributed by atoms with E-state index in [0.29, 0.717) is 41.1 Å². The Kier molecular flexibility index (Phi) is 4.94. The van der Waals surface area contributed by atoms with Crippen LogP contribution in [0, 0.1) is 16.7 Å². The first-order chi connectivity index (χ1) is 14.6. The van der Waals surface area contributed by atoms with Crippen molar-refractivity contribution in [3.8, 4) is 17.6 Å². The molecule has 4 rings (SSSR count). The highest BCUT2D eigenvalue weighted by molar-refractivity contribution is 5.77. The lowest BCUT2D eigenvalue weighted by Gasteiger charge is -2.14. The molecule has 8 nitrogen and oxygen atoms in total. The molecule has 1 aromatic carbocycles. The van der Waals surface area contributed by atoms with E-state index >= 15 is 0 Å². The fourth-order valence-corrected chi connectivity index (χ4v) is 3.47. The van der Waals surface area contributed by atoms with E-state index in [-0.39, 0.29) is 16.6 Å². The molecule has 0 fully saturated rings. The van der Waals surface area contributed by atoms with Crippen LogP contribution in [0.25, 0.3) is 16.7 Å². The second-order valence-electron chi connectivity index (χ2n) is 6.69. The molecule has 0 aliphatic rings. The Morgan fingerprint density at radius 1 is 1.13 bits per heavy atom. The van der Waals surface area contributed by atoms with Crippen molar-refractivity contribution >= 4 is 16.7 Å². The number of nitrogens with zero attached hydrogens (tertiary/aromatic N) is 4. The molecule has 0 aliphatic heterocycles. The maximum Gasteiger partial charge on any atom is 0.267 e. The van der Waals surface area contributed by atoms with Crippen LogP contribution in [0.2, 0.25) is 0 Å². The average Bonchev–Trinajstić information content (AvgIpc) is 2.78. The van der Waals surface area contributed by atoms with Crippen LogP contribution >= 0.6 is 0 Å². The van der Waals surface area contributed by atoms with Crippen molar-refractivity contribution in [3.63, 3.8) is 0 Å². The van der Waals surface area contributed by atoms with Gasteiger partial charge in [0.2, 0.25) is 0 Å². The van der Waals surface area contributed by atoms with Gasteiger partial charge in [-0.1, -0.05) is 12.1 Å². The highest BCUT2D eigenvalue weighted by Crippen LogP contribution is 2.27. The molecule has 0 saturated heterocycles. The van der Waals surface area contributed by atoms with Crippen molar-refractivity contribution in [2.24, 2.45) is 0 Å². The van der Waals surface area contributed by atoms with Gasteiger partial charge in [0.25, 0.3) is 5.56 Å². The Morgan fingerprint density at radius 2 is 1.93 bits per heavy atom. The van der Waals surface area contributed by atoms with Gasteiger partial charge in [-0.15, -0.1) is 0 Å². The number of hydrogen-bond acceptors (Lipinski definition) is 6. The van der Waals surface area contributed by atoms with E-state index in [1.807, 2.05) is 24.3 Å². The summed E-state index contributed by atoms with van der Waals surface area (Å²) in [6.07, 6.45) is 2.19. The lowest BCUT2D eigenvalue weighted by molar-refractivity contribution is 0.354. The van der Waals surface area contributed by atoms with Gasteiger partial charge in [-0.2, -0.15) is 5.26 Å². The first-order valence-corrected chi connectivity index (χ1v) is 9.28. The van der Waals surface area contributed by atoms with Crippen LogP contribution in [0.5, 0.6) is 11.5 Å². The molecule has 0 spiro atoms. The summed E-state index contributed by atoms with van der Waals surface area (Å²) in [7, 11) is 3.15. The van der Waals surface area contributed by atoms with Crippen LogP contribution in [-0.4, -0.2) is 28.2 Å². The summed E-state index contributed by atoms with van der Waals surface area (Å²) >= 11 is 0. The summed E-state index contributed by atoms with van der Waals surface area (Å²) in [5.41, 5.74) is 1.72. The fourth-order valence-electron chi connectivity index (χ4n) is 3.47. The molecule has 0 radical (unpaired) electrons. The number of pyridine rings is 2. The number of hydrogen-bond donors (Lipinski definition) is 1. The van der Waals surface area contributed by atoms with Crippen LogP contribution in [0.15, 0.2) is 53.5 Å². The van der Waals surface area contributed by atoms with Gasteiger partial charge < -0.3 is 14.0 Å². The first kappa shape index (κ1) is 19.2. The van der Waals surface area contributed by atoms with Gasteiger partial charge in [-0.05, 0) is 42.3 Å². The number of methoxy groups -OCH3 is 2. The Hall–Kier alpha value is -4.12. The smallest absolute Gasteiger partial charge is 0.267 e. The minimum absolute atomic E-state index is 0.0256. The molecule has 0 atom stereocenters. The third-order valence-corrected chi connectivity index (χ3v) is 5.01. The highest BCUT2D eigenvalue weighted by Gasteiger charge is 2.14. The van der Waals surface area contributed by atoms with Crippen molar-refractivity contribution in [1.82, 2.24) is 14.0 Å². The van der Waals surface area contributed by atoms with Crippen molar-refractivity contribution in [1.29, 1.82) is 10.7 Å². The Morgan fingerprint density at radius 3 is 2.67 bits per heavy atom. The number of nitrogens with one attached hydrogen (secondary N) is 1. The van der Waals surface area contributed by atoms with Crippen molar-refractivity contribution in [3.05, 3.63) is 75.6 Å². The summed E-state index contributed by atoms with van der Waals surface area (Å²) in [6, 6.07) is 14.4. The predicted octanol–water partition coefficient (Wildman–Crippen LogP) is 2.26. The van der Waals surface area contributed by atoms with Crippen LogP contribution in [0.3, 0.4) is 0 Å². The largest absolute Gasteiger partial charge is 0.493 e. The molecule has 0 aliphatic carbocycles. The molecule has 150 valence electrons. The van der Waals surface area contributed by atoms with Gasteiger partial charge in [0, 0.05) is 12.7 Å². The van der Waals surface area contributed by atoms with Crippen LogP contribution in [-0.2, 0) is 13.0 Å². The van der Waals surface area contributed by atoms with E-state index in [1.54, 1.807) is 43.2 Å². The lowest BCUT2D eigenvalue weighted by Crippen LogP contribution is -2.28. The third-order valence-electron chi connectivity index (χ3n) is 5.01. The van der Waals surface area contributed by atoms with Crippen molar-refractivity contribution < 1.29 is 9.47 Å². The van der Waals surface area contributed by atoms with Gasteiger partial charge in [-0.25, -0.2) is 4.98 Å². The highest BCUT2D eigenvalue weighted by atomic mass is 16.5. The number of nitriles is 1. The minimum atomic E-state index is -0.271. The Bertz CT molecular complexity index is 1430. The number of rotatable bonds is 5. The molecule has 0 bridgehead atoms. The summed E-state index contributed by atoms with van der Waals surface area (Å²) in [5.74, 6) is 1.25. The van der Waals surface area contributed by atoms with E-state index in [0.717, 1.165) is 5.56 Å². The second-order valence-corrected chi connectivity index (χ2v) is 6.69. The minimum Gasteiger partial charge on any atom is -0.493 e. The first-order valence-electron chi connectivity index (χ1n) is 9.28. The maximum atomic E-state index is 13.0. The molecule has 3 aromatic heterocycles. The quantitative estimate of drug-likeness (QED) is 0.517. The topological polar surface area (TPSA) is 105 Å². The summed E-state index contributed by atoms with van der Waals surface area (Å²) < 4.78 is 13.7. The molecule has 4 aromatic rings. The summed E-state index contributed by atoms with van der Waals surface area (Å²) in [5, 5.41) is 18.2. The van der Waals surface area contributed by atoms with Crippen molar-refractivity contribution in [2.45, 2.75) is 13.0 Å². The van der Waals surface area contributed by atoms with E-state index in [1.165, 1.54) is 10.5 Å². The molecular weight excluding hydrogens is 382 g/mol. The van der Waals surface area contributed by atoms with Gasteiger partial charge in [0.15, 0.2) is 11.5 Å². The molecule has 0 saturated carbocycles. The van der Waals surface area contributed by atoms with E-state index < -0.39 is 0 Å². The zero-order valence-corrected chi connectivity index (χ0v) is 16.5. The van der Waals surface area contributed by atoms with E-state index in [2.05, 4.69) is 4.98 Å². The monoisotopic (exact) mass is 401 g/mol. The van der Waals surface area contributed by atoms with Gasteiger partial charge in [0.05, 0.1) is 25.2 Å². The van der Waals surface area contributed by atoms with Crippen molar-refractivity contribution in [2.75, 3.05) is 14.2 Å². The second kappa shape index (κ2) is 7.72. The standard InChI is InChI=1S/C22H19N5O3/c1-29-17-7-6-14(11-18(17)30-2)8-10-27-20(24)15(13-23)12-16-21(27)25-19-5-3-4-9-26(19)22(16)28/h3-7,9,11-12,24H,8,10H2,1-2H3. The number of ether oxygens (including phenoxy) is 2. The fraction of sp³-hybridized carbons (Fsp3) is 0.182. The molecule has 0 unspecified atom stereocenters. The molecule has 0 amide bonds. The zero-order chi connectivity index (χ0) is 21.3.